The zero-order valence-electron chi connectivity index (χ0n) is 6.53. The number of hydrogen-bond acceptors (Lipinski definition) is 1. The normalized spacial score (nSPS) is 11.8. The van der Waals surface area contributed by atoms with E-state index >= 15 is 0 Å². The van der Waals surface area contributed by atoms with E-state index in [0.717, 1.165) is 12.1 Å². The lowest BCUT2D eigenvalue weighted by molar-refractivity contribution is 0.00484. The Hall–Kier alpha value is -0.550. The number of alkyl halides is 2. The summed E-state index contributed by atoms with van der Waals surface area (Å²) < 4.78 is 38.6. The van der Waals surface area contributed by atoms with Crippen molar-refractivity contribution >= 4 is 15.9 Å². The van der Waals surface area contributed by atoms with Gasteiger partial charge in [0.05, 0.1) is 11.0 Å². The summed E-state index contributed by atoms with van der Waals surface area (Å²) in [6.45, 7) is -0.838. The summed E-state index contributed by atoms with van der Waals surface area (Å²) in [5.41, 5.74) is 4.44. The molecule has 1 aromatic carbocycles. The molecule has 5 heteroatoms. The molecule has 1 rings (SSSR count). The summed E-state index contributed by atoms with van der Waals surface area (Å²) in [4.78, 5) is 0. The first-order valence-electron chi connectivity index (χ1n) is 3.51. The van der Waals surface area contributed by atoms with Gasteiger partial charge in [0.1, 0.15) is 5.82 Å². The predicted molar refractivity (Wildman–Crippen MR) is 47.0 cm³/mol. The fraction of sp³-hybridized carbons (Fsp3) is 0.250. The molecule has 0 spiro atoms. The van der Waals surface area contributed by atoms with Gasteiger partial charge >= 0.3 is 0 Å². The maximum Gasteiger partial charge on any atom is 0.286 e. The Bertz CT molecular complexity index is 314. The van der Waals surface area contributed by atoms with Gasteiger partial charge in [-0.05, 0) is 22.0 Å². The largest absolute Gasteiger partial charge is 0.325 e. The van der Waals surface area contributed by atoms with E-state index in [0.29, 0.717) is 0 Å². The van der Waals surface area contributed by atoms with Crippen molar-refractivity contribution in [1.29, 1.82) is 0 Å². The van der Waals surface area contributed by atoms with E-state index in [-0.39, 0.29) is 4.47 Å². The molecule has 1 aromatic rings. The number of halogens is 4. The van der Waals surface area contributed by atoms with Gasteiger partial charge in [-0.2, -0.15) is 8.78 Å². The van der Waals surface area contributed by atoms with Crippen molar-refractivity contribution in [3.63, 3.8) is 0 Å². The van der Waals surface area contributed by atoms with E-state index in [2.05, 4.69) is 15.9 Å². The average molecular weight is 254 g/mol. The third-order valence-electron chi connectivity index (χ3n) is 1.60. The molecule has 0 atom stereocenters. The van der Waals surface area contributed by atoms with Crippen LogP contribution in [-0.4, -0.2) is 6.54 Å². The minimum Gasteiger partial charge on any atom is -0.325 e. The standard InChI is InChI=1S/C8H7BrF3N/c9-7-5(8(11,12)4-13)2-1-3-6(7)10/h1-3H,4,13H2. The van der Waals surface area contributed by atoms with Gasteiger partial charge in [-0.1, -0.05) is 12.1 Å². The van der Waals surface area contributed by atoms with Crippen molar-refractivity contribution in [2.45, 2.75) is 5.92 Å². The van der Waals surface area contributed by atoms with Crippen LogP contribution in [0.5, 0.6) is 0 Å². The lowest BCUT2D eigenvalue weighted by atomic mass is 10.1. The molecule has 0 aliphatic rings. The Kier molecular flexibility index (Phi) is 2.98. The molecule has 0 heterocycles. The molecule has 13 heavy (non-hydrogen) atoms. The fourth-order valence-corrected chi connectivity index (χ4v) is 1.45. The molecule has 0 aliphatic heterocycles. The highest BCUT2D eigenvalue weighted by Crippen LogP contribution is 2.33. The first-order valence-corrected chi connectivity index (χ1v) is 4.30. The summed E-state index contributed by atoms with van der Waals surface area (Å²) in [6, 6.07) is 3.46. The Morgan fingerprint density at radius 2 is 2.00 bits per heavy atom. The van der Waals surface area contributed by atoms with Crippen molar-refractivity contribution in [3.05, 3.63) is 34.1 Å². The van der Waals surface area contributed by atoms with Gasteiger partial charge in [-0.3, -0.25) is 0 Å². The molecule has 0 saturated heterocycles. The predicted octanol–water partition coefficient (Wildman–Crippen LogP) is 2.64. The van der Waals surface area contributed by atoms with E-state index in [9.17, 15) is 13.2 Å². The van der Waals surface area contributed by atoms with Gasteiger partial charge in [-0.25, -0.2) is 4.39 Å². The second kappa shape index (κ2) is 3.67. The topological polar surface area (TPSA) is 26.0 Å². The fourth-order valence-electron chi connectivity index (χ4n) is 0.896. The maximum atomic E-state index is 13.0. The molecule has 2 N–H and O–H groups in total. The minimum absolute atomic E-state index is 0.231. The SMILES string of the molecule is NCC(F)(F)c1cccc(F)c1Br. The van der Waals surface area contributed by atoms with E-state index in [1.165, 1.54) is 6.07 Å². The third-order valence-corrected chi connectivity index (χ3v) is 2.41. The molecular formula is C8H7BrF3N. The van der Waals surface area contributed by atoms with Crippen LogP contribution in [0.2, 0.25) is 0 Å². The quantitative estimate of drug-likeness (QED) is 0.862. The lowest BCUT2D eigenvalue weighted by Gasteiger charge is -2.15. The molecular weight excluding hydrogens is 247 g/mol. The number of benzene rings is 1. The van der Waals surface area contributed by atoms with E-state index in [4.69, 9.17) is 5.73 Å². The van der Waals surface area contributed by atoms with Crippen LogP contribution in [0.3, 0.4) is 0 Å². The van der Waals surface area contributed by atoms with Gasteiger partial charge in [0.2, 0.25) is 0 Å². The third kappa shape index (κ3) is 2.03. The second-order valence-electron chi connectivity index (χ2n) is 2.51. The molecule has 72 valence electrons. The van der Waals surface area contributed by atoms with Crippen molar-refractivity contribution in [3.8, 4) is 0 Å². The molecule has 0 fully saturated rings. The van der Waals surface area contributed by atoms with Crippen molar-refractivity contribution in [2.24, 2.45) is 5.73 Å². The molecule has 1 nitrogen and oxygen atoms in total. The Morgan fingerprint density at radius 3 is 2.54 bits per heavy atom. The maximum absolute atomic E-state index is 13.0. The van der Waals surface area contributed by atoms with Crippen LogP contribution >= 0.6 is 15.9 Å². The lowest BCUT2D eigenvalue weighted by Crippen LogP contribution is -2.25. The van der Waals surface area contributed by atoms with E-state index in [1.54, 1.807) is 0 Å². The van der Waals surface area contributed by atoms with Crippen molar-refractivity contribution in [2.75, 3.05) is 6.54 Å². The van der Waals surface area contributed by atoms with Gasteiger partial charge < -0.3 is 5.73 Å². The highest BCUT2D eigenvalue weighted by atomic mass is 79.9. The Balaban J connectivity index is 3.22. The van der Waals surface area contributed by atoms with Gasteiger partial charge in [-0.15, -0.1) is 0 Å². The van der Waals surface area contributed by atoms with Crippen molar-refractivity contribution < 1.29 is 13.2 Å². The zero-order valence-corrected chi connectivity index (χ0v) is 8.11. The smallest absolute Gasteiger partial charge is 0.286 e. The van der Waals surface area contributed by atoms with Crippen LogP contribution in [0, 0.1) is 5.82 Å². The summed E-state index contributed by atoms with van der Waals surface area (Å²) in [6.07, 6.45) is 0. The van der Waals surface area contributed by atoms with Crippen LogP contribution in [0.1, 0.15) is 5.56 Å². The summed E-state index contributed by atoms with van der Waals surface area (Å²) in [7, 11) is 0. The average Bonchev–Trinajstić information content (AvgIpc) is 2.09. The van der Waals surface area contributed by atoms with Gasteiger partial charge in [0, 0.05) is 5.56 Å². The zero-order chi connectivity index (χ0) is 10.1. The summed E-state index contributed by atoms with van der Waals surface area (Å²) in [5, 5.41) is 0. The second-order valence-corrected chi connectivity index (χ2v) is 3.30. The first kappa shape index (κ1) is 10.5. The summed E-state index contributed by atoms with van der Waals surface area (Å²) >= 11 is 2.75. The van der Waals surface area contributed by atoms with Crippen LogP contribution in [0.15, 0.2) is 22.7 Å². The van der Waals surface area contributed by atoms with E-state index < -0.39 is 23.8 Å². The van der Waals surface area contributed by atoms with Gasteiger partial charge in [0.15, 0.2) is 0 Å². The first-order chi connectivity index (χ1) is 5.99. The molecule has 0 amide bonds. The van der Waals surface area contributed by atoms with Crippen LogP contribution < -0.4 is 5.73 Å². The summed E-state index contributed by atoms with van der Waals surface area (Å²) in [5.74, 6) is -3.91. The monoisotopic (exact) mass is 253 g/mol. The van der Waals surface area contributed by atoms with Gasteiger partial charge in [0.25, 0.3) is 5.92 Å². The Labute approximate surface area is 81.9 Å². The molecule has 0 radical (unpaired) electrons. The van der Waals surface area contributed by atoms with Crippen molar-refractivity contribution in [1.82, 2.24) is 0 Å². The highest BCUT2D eigenvalue weighted by molar-refractivity contribution is 9.10. The van der Waals surface area contributed by atoms with Crippen LogP contribution in [0.4, 0.5) is 13.2 Å². The Morgan fingerprint density at radius 1 is 1.38 bits per heavy atom. The molecule has 0 aromatic heterocycles. The number of hydrogen-bond donors (Lipinski definition) is 1. The molecule has 0 unspecified atom stereocenters. The number of nitrogens with two attached hydrogens (primary N) is 1. The molecule has 0 bridgehead atoms. The van der Waals surface area contributed by atoms with Crippen LogP contribution in [0.25, 0.3) is 0 Å². The van der Waals surface area contributed by atoms with Crippen LogP contribution in [-0.2, 0) is 5.92 Å². The highest BCUT2D eigenvalue weighted by Gasteiger charge is 2.32. The number of rotatable bonds is 2. The molecule has 0 aliphatic carbocycles. The van der Waals surface area contributed by atoms with E-state index in [1.807, 2.05) is 0 Å². The molecule has 0 saturated carbocycles. The minimum atomic E-state index is -3.19.